The summed E-state index contributed by atoms with van der Waals surface area (Å²) in [5, 5.41) is 8.55. The van der Waals surface area contributed by atoms with Crippen molar-refractivity contribution in [3.63, 3.8) is 0 Å². The Morgan fingerprint density at radius 1 is 1.62 bits per heavy atom. The summed E-state index contributed by atoms with van der Waals surface area (Å²) in [6.45, 7) is 4.00. The Hall–Kier alpha value is -0.610. The fraction of sp³-hybridized carbons (Fsp3) is 0.250. The molecule has 1 N–H and O–H groups in total. The molecule has 1 aromatic heterocycles. The fourth-order valence-electron chi connectivity index (χ4n) is 0.573. The van der Waals surface area contributed by atoms with E-state index in [0.29, 0.717) is 4.47 Å². The average Bonchev–Trinajstić information content (AvgIpc) is 2.12. The second-order valence-corrected chi connectivity index (χ2v) is 3.07. The van der Waals surface area contributed by atoms with Crippen molar-refractivity contribution in [1.82, 2.24) is 4.98 Å². The highest BCUT2D eigenvalue weighted by molar-refractivity contribution is 9.10. The molecule has 0 radical (unpaired) electrons. The van der Waals surface area contributed by atoms with Gasteiger partial charge in [0.05, 0.1) is 5.56 Å². The van der Waals surface area contributed by atoms with Crippen LogP contribution < -0.4 is 0 Å². The van der Waals surface area contributed by atoms with Crippen LogP contribution in [-0.4, -0.2) is 16.1 Å². The molecular formula is C8H9BrClNO2. The predicted molar refractivity (Wildman–Crippen MR) is 55.3 cm³/mol. The molecule has 1 heterocycles. The van der Waals surface area contributed by atoms with E-state index in [2.05, 4.69) is 20.9 Å². The van der Waals surface area contributed by atoms with E-state index in [9.17, 15) is 4.79 Å². The van der Waals surface area contributed by atoms with Crippen LogP contribution in [-0.2, 0) is 0 Å². The Labute approximate surface area is 89.9 Å². The minimum atomic E-state index is -1.08. The number of carboxylic acid groups (broad SMARTS) is 1. The molecule has 72 valence electrons. The lowest BCUT2D eigenvalue weighted by molar-refractivity contribution is 0.0696. The first-order valence-corrected chi connectivity index (χ1v) is 4.82. The first-order valence-electron chi connectivity index (χ1n) is 3.65. The van der Waals surface area contributed by atoms with E-state index < -0.39 is 5.97 Å². The first kappa shape index (κ1) is 12.4. The third-order valence-corrected chi connectivity index (χ3v) is 1.77. The number of aromatic nitrogens is 1. The number of nitrogens with zero attached hydrogens (tertiary/aromatic N) is 1. The molecule has 1 aromatic rings. The van der Waals surface area contributed by atoms with Gasteiger partial charge in [-0.1, -0.05) is 25.4 Å². The number of hydrogen-bond donors (Lipinski definition) is 1. The lowest BCUT2D eigenvalue weighted by Crippen LogP contribution is -1.98. The van der Waals surface area contributed by atoms with Crippen LogP contribution in [0.4, 0.5) is 0 Å². The van der Waals surface area contributed by atoms with Gasteiger partial charge in [-0.3, -0.25) is 0 Å². The number of pyridine rings is 1. The largest absolute Gasteiger partial charge is 0.478 e. The Bertz CT molecular complexity index is 304. The summed E-state index contributed by atoms with van der Waals surface area (Å²) in [5.41, 5.74) is 0.000965. The summed E-state index contributed by atoms with van der Waals surface area (Å²) in [4.78, 5) is 14.1. The Morgan fingerprint density at radius 3 is 2.54 bits per heavy atom. The average molecular weight is 267 g/mol. The third kappa shape index (κ3) is 3.74. The molecule has 0 aliphatic heterocycles. The van der Waals surface area contributed by atoms with E-state index in [0.717, 1.165) is 0 Å². The zero-order valence-corrected chi connectivity index (χ0v) is 9.56. The molecule has 13 heavy (non-hydrogen) atoms. The van der Waals surface area contributed by atoms with Gasteiger partial charge in [0.2, 0.25) is 0 Å². The Balaban J connectivity index is 0.000000671. The Morgan fingerprint density at radius 2 is 2.15 bits per heavy atom. The van der Waals surface area contributed by atoms with E-state index in [1.54, 1.807) is 0 Å². The van der Waals surface area contributed by atoms with Crippen molar-refractivity contribution >= 4 is 33.5 Å². The number of carbonyl (C=O) groups is 1. The molecule has 0 amide bonds. The quantitative estimate of drug-likeness (QED) is 0.794. The molecule has 0 bridgehead atoms. The van der Waals surface area contributed by atoms with Crippen molar-refractivity contribution in [2.75, 3.05) is 0 Å². The molecule has 0 atom stereocenters. The highest BCUT2D eigenvalue weighted by Crippen LogP contribution is 2.17. The summed E-state index contributed by atoms with van der Waals surface area (Å²) in [5.74, 6) is -1.08. The molecular weight excluding hydrogens is 257 g/mol. The topological polar surface area (TPSA) is 50.2 Å². The molecule has 0 unspecified atom stereocenters. The summed E-state index contributed by atoms with van der Waals surface area (Å²) in [6, 6.07) is 1.40. The van der Waals surface area contributed by atoms with Crippen molar-refractivity contribution < 1.29 is 9.90 Å². The summed E-state index contributed by atoms with van der Waals surface area (Å²) < 4.78 is 0.597. The number of rotatable bonds is 1. The second-order valence-electron chi connectivity index (χ2n) is 1.80. The monoisotopic (exact) mass is 265 g/mol. The summed E-state index contributed by atoms with van der Waals surface area (Å²) >= 11 is 8.56. The maximum atomic E-state index is 10.4. The standard InChI is InChI=1S/C6H3BrClNO2.C2H6/c7-3-1-4(6(10)11)5(8)9-2-3;1-2/h1-2H,(H,10,11);1-2H3. The second kappa shape index (κ2) is 5.94. The van der Waals surface area contributed by atoms with Crippen molar-refractivity contribution in [1.29, 1.82) is 0 Å². The molecule has 1 rings (SSSR count). The van der Waals surface area contributed by atoms with Gasteiger partial charge in [0.1, 0.15) is 5.15 Å². The van der Waals surface area contributed by atoms with Crippen molar-refractivity contribution in [3.8, 4) is 0 Å². The molecule has 5 heteroatoms. The van der Waals surface area contributed by atoms with E-state index in [4.69, 9.17) is 16.7 Å². The van der Waals surface area contributed by atoms with Gasteiger partial charge in [-0.15, -0.1) is 0 Å². The highest BCUT2D eigenvalue weighted by Gasteiger charge is 2.09. The van der Waals surface area contributed by atoms with Gasteiger partial charge in [-0.2, -0.15) is 0 Å². The normalized spacial score (nSPS) is 8.62. The fourth-order valence-corrected chi connectivity index (χ4v) is 1.09. The van der Waals surface area contributed by atoms with Crippen LogP contribution in [0.1, 0.15) is 24.2 Å². The SMILES string of the molecule is CC.O=C(O)c1cc(Br)cnc1Cl. The first-order chi connectivity index (χ1) is 6.11. The van der Waals surface area contributed by atoms with Gasteiger partial charge in [-0.05, 0) is 22.0 Å². The van der Waals surface area contributed by atoms with Crippen LogP contribution in [0.25, 0.3) is 0 Å². The summed E-state index contributed by atoms with van der Waals surface area (Å²) in [7, 11) is 0. The molecule has 0 fully saturated rings. The number of aromatic carboxylic acids is 1. The van der Waals surface area contributed by atoms with Crippen molar-refractivity contribution in [2.45, 2.75) is 13.8 Å². The lowest BCUT2D eigenvalue weighted by Gasteiger charge is -1.96. The summed E-state index contributed by atoms with van der Waals surface area (Å²) in [6.07, 6.45) is 1.44. The van der Waals surface area contributed by atoms with Gasteiger partial charge in [0.25, 0.3) is 0 Å². The van der Waals surface area contributed by atoms with Gasteiger partial charge in [0.15, 0.2) is 0 Å². The van der Waals surface area contributed by atoms with E-state index in [1.165, 1.54) is 12.3 Å². The predicted octanol–water partition coefficient (Wildman–Crippen LogP) is 3.22. The van der Waals surface area contributed by atoms with Crippen LogP contribution >= 0.6 is 27.5 Å². The zero-order chi connectivity index (χ0) is 10.4. The van der Waals surface area contributed by atoms with Crippen molar-refractivity contribution in [2.24, 2.45) is 0 Å². The maximum absolute atomic E-state index is 10.4. The van der Waals surface area contributed by atoms with Crippen LogP contribution in [0.15, 0.2) is 16.7 Å². The maximum Gasteiger partial charge on any atom is 0.338 e. The van der Waals surface area contributed by atoms with Gasteiger partial charge in [-0.25, -0.2) is 9.78 Å². The molecule has 0 saturated heterocycles. The van der Waals surface area contributed by atoms with Crippen LogP contribution in [0.5, 0.6) is 0 Å². The smallest absolute Gasteiger partial charge is 0.338 e. The molecule has 0 aliphatic carbocycles. The minimum absolute atomic E-state index is 0.000648. The number of hydrogen-bond acceptors (Lipinski definition) is 2. The molecule has 3 nitrogen and oxygen atoms in total. The number of halogens is 2. The van der Waals surface area contributed by atoms with Gasteiger partial charge < -0.3 is 5.11 Å². The third-order valence-electron chi connectivity index (χ3n) is 1.04. The zero-order valence-electron chi connectivity index (χ0n) is 7.21. The Kier molecular flexibility index (Phi) is 5.66. The number of carboxylic acids is 1. The molecule has 0 saturated carbocycles. The van der Waals surface area contributed by atoms with E-state index in [-0.39, 0.29) is 10.7 Å². The van der Waals surface area contributed by atoms with Gasteiger partial charge >= 0.3 is 5.97 Å². The van der Waals surface area contributed by atoms with Crippen LogP contribution in [0.2, 0.25) is 5.15 Å². The van der Waals surface area contributed by atoms with Crippen LogP contribution in [0, 0.1) is 0 Å². The highest BCUT2D eigenvalue weighted by atomic mass is 79.9. The van der Waals surface area contributed by atoms with Gasteiger partial charge in [0, 0.05) is 10.7 Å². The molecule has 0 aromatic carbocycles. The van der Waals surface area contributed by atoms with Crippen molar-refractivity contribution in [3.05, 3.63) is 27.5 Å². The lowest BCUT2D eigenvalue weighted by atomic mass is 10.3. The molecule has 0 aliphatic rings. The van der Waals surface area contributed by atoms with Crippen LogP contribution in [0.3, 0.4) is 0 Å². The van der Waals surface area contributed by atoms with E-state index in [1.807, 2.05) is 13.8 Å². The van der Waals surface area contributed by atoms with E-state index >= 15 is 0 Å². The minimum Gasteiger partial charge on any atom is -0.478 e. The molecule has 0 spiro atoms.